The summed E-state index contributed by atoms with van der Waals surface area (Å²) in [5, 5.41) is 2.22. The summed E-state index contributed by atoms with van der Waals surface area (Å²) in [7, 11) is 0. The molecule has 28 heavy (non-hydrogen) atoms. The van der Waals surface area contributed by atoms with Gasteiger partial charge in [-0.15, -0.1) is 22.7 Å². The number of nitrogen functional groups attached to an aromatic ring is 2. The smallest absolute Gasteiger partial charge is 0.0982 e. The third kappa shape index (κ3) is 3.44. The number of anilines is 2. The molecule has 0 amide bonds. The van der Waals surface area contributed by atoms with Crippen molar-refractivity contribution in [2.75, 3.05) is 11.5 Å². The molecule has 138 valence electrons. The fourth-order valence-corrected chi connectivity index (χ4v) is 5.25. The molecule has 4 nitrogen and oxygen atoms in total. The van der Waals surface area contributed by atoms with Crippen LogP contribution >= 0.6 is 22.7 Å². The van der Waals surface area contributed by atoms with E-state index in [1.54, 1.807) is 22.7 Å². The number of hydrogen-bond acceptors (Lipinski definition) is 6. The first-order chi connectivity index (χ1) is 13.6. The molecule has 3 aromatic carbocycles. The molecule has 6 heteroatoms. The van der Waals surface area contributed by atoms with Crippen LogP contribution in [0.1, 0.15) is 21.1 Å². The van der Waals surface area contributed by atoms with Gasteiger partial charge in [-0.25, -0.2) is 9.97 Å². The predicted octanol–water partition coefficient (Wildman–Crippen LogP) is 5.25. The zero-order valence-electron chi connectivity index (χ0n) is 15.1. The number of aromatic nitrogens is 2. The SMILES string of the molecule is Nc1ccc(Cc2nc3cc4sc(Cc5ccc(N)cc5)nc4cc3s2)cc1. The second kappa shape index (κ2) is 6.89. The highest BCUT2D eigenvalue weighted by atomic mass is 32.1. The van der Waals surface area contributed by atoms with Gasteiger partial charge >= 0.3 is 0 Å². The average molecular weight is 403 g/mol. The van der Waals surface area contributed by atoms with Crippen molar-refractivity contribution in [2.45, 2.75) is 12.8 Å². The van der Waals surface area contributed by atoms with Crippen molar-refractivity contribution in [3.8, 4) is 0 Å². The highest BCUT2D eigenvalue weighted by molar-refractivity contribution is 7.20. The van der Waals surface area contributed by atoms with Crippen molar-refractivity contribution in [2.24, 2.45) is 0 Å². The maximum Gasteiger partial charge on any atom is 0.0982 e. The summed E-state index contributed by atoms with van der Waals surface area (Å²) in [5.74, 6) is 0. The van der Waals surface area contributed by atoms with Gasteiger partial charge < -0.3 is 11.5 Å². The maximum absolute atomic E-state index is 5.77. The van der Waals surface area contributed by atoms with E-state index in [1.165, 1.54) is 20.5 Å². The Labute approximate surface area is 170 Å². The first kappa shape index (κ1) is 17.2. The van der Waals surface area contributed by atoms with Gasteiger partial charge in [-0.3, -0.25) is 0 Å². The van der Waals surface area contributed by atoms with Crippen molar-refractivity contribution >= 4 is 54.5 Å². The maximum atomic E-state index is 5.77. The Morgan fingerprint density at radius 2 is 1.00 bits per heavy atom. The lowest BCUT2D eigenvalue weighted by atomic mass is 10.1. The third-order valence-corrected chi connectivity index (χ3v) is 6.69. The number of nitrogens with zero attached hydrogens (tertiary/aromatic N) is 2. The van der Waals surface area contributed by atoms with Crippen LogP contribution in [0.4, 0.5) is 11.4 Å². The lowest BCUT2D eigenvalue weighted by Gasteiger charge is -1.98. The van der Waals surface area contributed by atoms with E-state index in [4.69, 9.17) is 21.4 Å². The molecule has 0 saturated carbocycles. The summed E-state index contributed by atoms with van der Waals surface area (Å²) in [6, 6.07) is 20.3. The molecule has 0 radical (unpaired) electrons. The van der Waals surface area contributed by atoms with Crippen LogP contribution in [-0.2, 0) is 12.8 Å². The zero-order chi connectivity index (χ0) is 19.1. The van der Waals surface area contributed by atoms with E-state index < -0.39 is 0 Å². The Morgan fingerprint density at radius 3 is 1.39 bits per heavy atom. The Hall–Kier alpha value is -2.96. The van der Waals surface area contributed by atoms with Crippen LogP contribution in [-0.4, -0.2) is 9.97 Å². The van der Waals surface area contributed by atoms with E-state index in [-0.39, 0.29) is 0 Å². The van der Waals surface area contributed by atoms with Gasteiger partial charge in [0.05, 0.1) is 30.4 Å². The van der Waals surface area contributed by atoms with E-state index >= 15 is 0 Å². The molecule has 0 spiro atoms. The van der Waals surface area contributed by atoms with Crippen LogP contribution in [0.3, 0.4) is 0 Å². The minimum Gasteiger partial charge on any atom is -0.399 e. The molecule has 0 saturated heterocycles. The van der Waals surface area contributed by atoms with Crippen LogP contribution < -0.4 is 11.5 Å². The number of rotatable bonds is 4. The number of nitrogens with two attached hydrogens (primary N) is 2. The van der Waals surface area contributed by atoms with Crippen LogP contribution in [0.5, 0.6) is 0 Å². The molecule has 0 fully saturated rings. The van der Waals surface area contributed by atoms with Gasteiger partial charge in [0.25, 0.3) is 0 Å². The molecule has 0 bridgehead atoms. The fourth-order valence-electron chi connectivity index (χ4n) is 3.22. The molecule has 0 atom stereocenters. The van der Waals surface area contributed by atoms with E-state index in [1.807, 2.05) is 24.3 Å². The Kier molecular flexibility index (Phi) is 4.22. The highest BCUT2D eigenvalue weighted by Gasteiger charge is 2.11. The van der Waals surface area contributed by atoms with Crippen LogP contribution in [0.25, 0.3) is 20.4 Å². The van der Waals surface area contributed by atoms with Gasteiger partial charge in [0.15, 0.2) is 0 Å². The second-order valence-corrected chi connectivity index (χ2v) is 9.07. The molecular weight excluding hydrogens is 384 g/mol. The summed E-state index contributed by atoms with van der Waals surface area (Å²) in [4.78, 5) is 9.67. The number of hydrogen-bond donors (Lipinski definition) is 2. The van der Waals surface area contributed by atoms with Crippen LogP contribution in [0.2, 0.25) is 0 Å². The van der Waals surface area contributed by atoms with Crippen LogP contribution in [0, 0.1) is 0 Å². The normalized spacial score (nSPS) is 11.4. The summed E-state index contributed by atoms with van der Waals surface area (Å²) in [6.07, 6.45) is 1.65. The lowest BCUT2D eigenvalue weighted by molar-refractivity contribution is 1.15. The van der Waals surface area contributed by atoms with E-state index in [9.17, 15) is 0 Å². The molecule has 2 heterocycles. The number of fused-ring (bicyclic) bond motifs is 2. The standard InChI is InChI=1S/C22H18N4S2/c23-15-5-1-13(2-6-15)9-21-25-17-11-20-18(12-19(17)27-21)26-22(28-20)10-14-3-7-16(24)8-4-14/h1-8,11-12H,9-10,23-24H2. The summed E-state index contributed by atoms with van der Waals surface area (Å²) >= 11 is 3.47. The monoisotopic (exact) mass is 402 g/mol. The highest BCUT2D eigenvalue weighted by Crippen LogP contribution is 2.32. The largest absolute Gasteiger partial charge is 0.399 e. The second-order valence-electron chi connectivity index (χ2n) is 6.84. The van der Waals surface area contributed by atoms with Crippen molar-refractivity contribution in [3.05, 3.63) is 81.8 Å². The molecule has 0 aliphatic rings. The third-order valence-electron chi connectivity index (χ3n) is 4.66. The first-order valence-corrected chi connectivity index (χ1v) is 10.6. The van der Waals surface area contributed by atoms with Gasteiger partial charge in [0.2, 0.25) is 0 Å². The van der Waals surface area contributed by atoms with E-state index in [0.717, 1.165) is 45.3 Å². The van der Waals surface area contributed by atoms with Gasteiger partial charge in [-0.05, 0) is 47.5 Å². The van der Waals surface area contributed by atoms with Crippen molar-refractivity contribution in [3.63, 3.8) is 0 Å². The number of benzene rings is 3. The Bertz CT molecular complexity index is 1120. The van der Waals surface area contributed by atoms with Crippen molar-refractivity contribution < 1.29 is 0 Å². The summed E-state index contributed by atoms with van der Waals surface area (Å²) < 4.78 is 2.37. The molecule has 5 rings (SSSR count). The van der Waals surface area contributed by atoms with Crippen molar-refractivity contribution in [1.29, 1.82) is 0 Å². The predicted molar refractivity (Wildman–Crippen MR) is 120 cm³/mol. The molecule has 4 N–H and O–H groups in total. The quantitative estimate of drug-likeness (QED) is 0.402. The topological polar surface area (TPSA) is 77.8 Å². The van der Waals surface area contributed by atoms with E-state index in [2.05, 4.69) is 36.4 Å². The Morgan fingerprint density at radius 1 is 0.607 bits per heavy atom. The molecule has 2 aromatic heterocycles. The summed E-state index contributed by atoms with van der Waals surface area (Å²) in [5.41, 5.74) is 17.6. The molecule has 0 aliphatic heterocycles. The first-order valence-electron chi connectivity index (χ1n) is 9.00. The van der Waals surface area contributed by atoms with E-state index in [0.29, 0.717) is 0 Å². The van der Waals surface area contributed by atoms with Gasteiger partial charge in [0, 0.05) is 24.2 Å². The molecule has 0 unspecified atom stereocenters. The molecule has 0 aliphatic carbocycles. The minimum absolute atomic E-state index is 0.786. The average Bonchev–Trinajstić information content (AvgIpc) is 3.25. The molecular formula is C22H18N4S2. The molecule has 5 aromatic rings. The number of thiazole rings is 2. The lowest BCUT2D eigenvalue weighted by Crippen LogP contribution is -1.88. The zero-order valence-corrected chi connectivity index (χ0v) is 16.7. The van der Waals surface area contributed by atoms with Gasteiger partial charge in [-0.1, -0.05) is 24.3 Å². The summed E-state index contributed by atoms with van der Waals surface area (Å²) in [6.45, 7) is 0. The van der Waals surface area contributed by atoms with Crippen molar-refractivity contribution in [1.82, 2.24) is 9.97 Å². The fraction of sp³-hybridized carbons (Fsp3) is 0.0909. The minimum atomic E-state index is 0.786. The van der Waals surface area contributed by atoms with Gasteiger partial charge in [-0.2, -0.15) is 0 Å². The van der Waals surface area contributed by atoms with Gasteiger partial charge in [0.1, 0.15) is 0 Å². The Balaban J connectivity index is 1.43. The van der Waals surface area contributed by atoms with Crippen LogP contribution in [0.15, 0.2) is 60.7 Å².